The Bertz CT molecular complexity index is 589. The van der Waals surface area contributed by atoms with Crippen molar-refractivity contribution in [2.45, 2.75) is 32.2 Å². The predicted molar refractivity (Wildman–Crippen MR) is 81.8 cm³/mol. The lowest BCUT2D eigenvalue weighted by molar-refractivity contribution is 0.0819. The number of fused-ring (bicyclic) bond motifs is 1. The lowest BCUT2D eigenvalue weighted by atomic mass is 9.93. The van der Waals surface area contributed by atoms with Crippen molar-refractivity contribution in [2.75, 3.05) is 6.61 Å². The lowest BCUT2D eigenvalue weighted by Gasteiger charge is -2.30. The molecule has 0 atom stereocenters. The molecule has 20 heavy (non-hydrogen) atoms. The van der Waals surface area contributed by atoms with Crippen LogP contribution in [0.4, 0.5) is 0 Å². The number of nitrogens with one attached hydrogen (secondary N) is 1. The van der Waals surface area contributed by atoms with Crippen LogP contribution in [0.25, 0.3) is 10.8 Å². The number of carbonyl (C=O) groups excluding carboxylic acids is 1. The smallest absolute Gasteiger partial charge is 0.252 e. The van der Waals surface area contributed by atoms with Gasteiger partial charge in [-0.05, 0) is 29.7 Å². The molecule has 2 N–H and O–H groups in total. The fourth-order valence-corrected chi connectivity index (χ4v) is 2.42. The summed E-state index contributed by atoms with van der Waals surface area (Å²) in [5.41, 5.74) is 0.122. The van der Waals surface area contributed by atoms with Gasteiger partial charge in [0, 0.05) is 5.56 Å². The van der Waals surface area contributed by atoms with Gasteiger partial charge in [-0.25, -0.2) is 0 Å². The first-order valence-electron chi connectivity index (χ1n) is 7.07. The monoisotopic (exact) mass is 271 g/mol. The summed E-state index contributed by atoms with van der Waals surface area (Å²) in [6.07, 6.45) is 1.41. The molecule has 2 aromatic carbocycles. The van der Waals surface area contributed by atoms with Gasteiger partial charge in [-0.15, -0.1) is 0 Å². The highest BCUT2D eigenvalue weighted by molar-refractivity contribution is 6.07. The SMILES string of the molecule is CCC(CC)(CO)NC(=O)c1cccc2ccccc12. The van der Waals surface area contributed by atoms with Crippen LogP contribution < -0.4 is 5.32 Å². The van der Waals surface area contributed by atoms with Gasteiger partial charge in [-0.3, -0.25) is 4.79 Å². The van der Waals surface area contributed by atoms with E-state index in [9.17, 15) is 9.90 Å². The molecular formula is C17H21NO2. The summed E-state index contributed by atoms with van der Waals surface area (Å²) in [4.78, 5) is 12.5. The zero-order valence-corrected chi connectivity index (χ0v) is 12.0. The number of rotatable bonds is 5. The summed E-state index contributed by atoms with van der Waals surface area (Å²) in [5.74, 6) is -0.125. The van der Waals surface area contributed by atoms with Gasteiger partial charge in [-0.2, -0.15) is 0 Å². The zero-order chi connectivity index (χ0) is 14.6. The van der Waals surface area contributed by atoms with Gasteiger partial charge in [0.05, 0.1) is 12.1 Å². The second kappa shape index (κ2) is 6.06. The molecule has 0 heterocycles. The van der Waals surface area contributed by atoms with Gasteiger partial charge in [0.15, 0.2) is 0 Å². The molecule has 0 unspecified atom stereocenters. The van der Waals surface area contributed by atoms with E-state index in [1.807, 2.05) is 56.3 Å². The number of aliphatic hydroxyl groups excluding tert-OH is 1. The molecule has 0 aliphatic heterocycles. The number of hydrogen-bond acceptors (Lipinski definition) is 2. The summed E-state index contributed by atoms with van der Waals surface area (Å²) in [6.45, 7) is 3.91. The van der Waals surface area contributed by atoms with Gasteiger partial charge in [0.1, 0.15) is 0 Å². The van der Waals surface area contributed by atoms with Crippen molar-refractivity contribution in [2.24, 2.45) is 0 Å². The molecule has 2 aromatic rings. The standard InChI is InChI=1S/C17H21NO2/c1-3-17(4-2,12-19)18-16(20)15-11-7-9-13-8-5-6-10-14(13)15/h5-11,19H,3-4,12H2,1-2H3,(H,18,20). The second-order valence-electron chi connectivity index (χ2n) is 5.13. The molecule has 106 valence electrons. The quantitative estimate of drug-likeness (QED) is 0.877. The molecule has 2 rings (SSSR count). The molecule has 0 fully saturated rings. The Labute approximate surface area is 119 Å². The van der Waals surface area contributed by atoms with E-state index in [4.69, 9.17) is 0 Å². The molecule has 0 bridgehead atoms. The molecule has 1 amide bonds. The number of carbonyl (C=O) groups is 1. The maximum absolute atomic E-state index is 12.5. The lowest BCUT2D eigenvalue weighted by Crippen LogP contribution is -2.50. The van der Waals surface area contributed by atoms with E-state index in [-0.39, 0.29) is 12.5 Å². The van der Waals surface area contributed by atoms with Crippen molar-refractivity contribution < 1.29 is 9.90 Å². The van der Waals surface area contributed by atoms with Gasteiger partial charge >= 0.3 is 0 Å². The third kappa shape index (κ3) is 2.68. The highest BCUT2D eigenvalue weighted by atomic mass is 16.3. The summed E-state index contributed by atoms with van der Waals surface area (Å²) < 4.78 is 0. The highest BCUT2D eigenvalue weighted by Crippen LogP contribution is 2.21. The third-order valence-corrected chi connectivity index (χ3v) is 4.07. The minimum atomic E-state index is -0.534. The summed E-state index contributed by atoms with van der Waals surface area (Å²) in [6, 6.07) is 13.5. The van der Waals surface area contributed by atoms with Gasteiger partial charge in [0.2, 0.25) is 0 Å². The normalized spacial score (nSPS) is 11.6. The van der Waals surface area contributed by atoms with Gasteiger partial charge in [-0.1, -0.05) is 50.2 Å². The van der Waals surface area contributed by atoms with Crippen LogP contribution in [0.2, 0.25) is 0 Å². The summed E-state index contributed by atoms with van der Waals surface area (Å²) in [5, 5.41) is 14.6. The van der Waals surface area contributed by atoms with Crippen LogP contribution in [0.1, 0.15) is 37.0 Å². The Morgan fingerprint density at radius 3 is 2.40 bits per heavy atom. The van der Waals surface area contributed by atoms with Crippen LogP contribution in [-0.4, -0.2) is 23.2 Å². The van der Waals surface area contributed by atoms with E-state index in [0.29, 0.717) is 18.4 Å². The fourth-order valence-electron chi connectivity index (χ4n) is 2.42. The van der Waals surface area contributed by atoms with Crippen molar-refractivity contribution in [1.29, 1.82) is 0 Å². The first kappa shape index (κ1) is 14.5. The first-order chi connectivity index (χ1) is 9.65. The van der Waals surface area contributed by atoms with Crippen LogP contribution in [-0.2, 0) is 0 Å². The molecular weight excluding hydrogens is 250 g/mol. The van der Waals surface area contributed by atoms with Crippen LogP contribution >= 0.6 is 0 Å². The van der Waals surface area contributed by atoms with Gasteiger partial charge in [0.25, 0.3) is 5.91 Å². The predicted octanol–water partition coefficient (Wildman–Crippen LogP) is 3.12. The Hall–Kier alpha value is -1.87. The van der Waals surface area contributed by atoms with Crippen molar-refractivity contribution in [3.8, 4) is 0 Å². The average Bonchev–Trinajstić information content (AvgIpc) is 2.52. The molecule has 3 nitrogen and oxygen atoms in total. The van der Waals surface area contributed by atoms with Crippen LogP contribution in [0, 0.1) is 0 Å². The first-order valence-corrected chi connectivity index (χ1v) is 7.07. The van der Waals surface area contributed by atoms with E-state index >= 15 is 0 Å². The Kier molecular flexibility index (Phi) is 4.40. The van der Waals surface area contributed by atoms with Crippen molar-refractivity contribution >= 4 is 16.7 Å². The minimum Gasteiger partial charge on any atom is -0.394 e. The Morgan fingerprint density at radius 2 is 1.75 bits per heavy atom. The number of hydrogen-bond donors (Lipinski definition) is 2. The minimum absolute atomic E-state index is 0.0451. The van der Waals surface area contributed by atoms with Crippen LogP contribution in [0.3, 0.4) is 0 Å². The average molecular weight is 271 g/mol. The Balaban J connectivity index is 2.37. The van der Waals surface area contributed by atoms with E-state index in [1.54, 1.807) is 0 Å². The third-order valence-electron chi connectivity index (χ3n) is 4.07. The maximum atomic E-state index is 12.5. The van der Waals surface area contributed by atoms with E-state index < -0.39 is 5.54 Å². The molecule has 0 aliphatic carbocycles. The van der Waals surface area contributed by atoms with Crippen LogP contribution in [0.5, 0.6) is 0 Å². The summed E-state index contributed by atoms with van der Waals surface area (Å²) >= 11 is 0. The van der Waals surface area contributed by atoms with Crippen molar-refractivity contribution in [1.82, 2.24) is 5.32 Å². The number of amides is 1. The maximum Gasteiger partial charge on any atom is 0.252 e. The highest BCUT2D eigenvalue weighted by Gasteiger charge is 2.27. The molecule has 0 radical (unpaired) electrons. The Morgan fingerprint density at radius 1 is 1.10 bits per heavy atom. The van der Waals surface area contributed by atoms with E-state index in [0.717, 1.165) is 10.8 Å². The molecule has 0 aliphatic rings. The topological polar surface area (TPSA) is 49.3 Å². The second-order valence-corrected chi connectivity index (χ2v) is 5.13. The molecule has 0 spiro atoms. The van der Waals surface area contributed by atoms with Gasteiger partial charge < -0.3 is 10.4 Å². The molecule has 0 saturated heterocycles. The largest absolute Gasteiger partial charge is 0.394 e. The van der Waals surface area contributed by atoms with Crippen molar-refractivity contribution in [3.05, 3.63) is 48.0 Å². The van der Waals surface area contributed by atoms with E-state index in [2.05, 4.69) is 5.32 Å². The van der Waals surface area contributed by atoms with E-state index in [1.165, 1.54) is 0 Å². The molecule has 0 aromatic heterocycles. The fraction of sp³-hybridized carbons (Fsp3) is 0.353. The van der Waals surface area contributed by atoms with Crippen LogP contribution in [0.15, 0.2) is 42.5 Å². The number of aliphatic hydroxyl groups is 1. The molecule has 3 heteroatoms. The number of benzene rings is 2. The van der Waals surface area contributed by atoms with Crippen molar-refractivity contribution in [3.63, 3.8) is 0 Å². The zero-order valence-electron chi connectivity index (χ0n) is 12.0. The molecule has 0 saturated carbocycles. The summed E-state index contributed by atoms with van der Waals surface area (Å²) in [7, 11) is 0.